The standard InChI is InChI=1S/C22H20ClN5O2/c23-16-5-7-17(8-6-16)28-19(20-4-2-12-30-20)13-18(26-28)22(29)27-11-1-3-15(14-27)21-24-9-10-25-21/h2,4-10,12-13,15H,1,3,11,14H2,(H,24,25). The molecule has 0 spiro atoms. The number of imidazole rings is 1. The Morgan fingerprint density at radius 3 is 2.83 bits per heavy atom. The molecule has 30 heavy (non-hydrogen) atoms. The molecule has 1 fully saturated rings. The molecule has 1 aliphatic rings. The number of H-pyrrole nitrogens is 1. The monoisotopic (exact) mass is 421 g/mol. The summed E-state index contributed by atoms with van der Waals surface area (Å²) in [5.74, 6) is 1.69. The first-order valence-corrected chi connectivity index (χ1v) is 10.3. The average Bonchev–Trinajstić information content (AvgIpc) is 3.55. The Morgan fingerprint density at radius 2 is 2.10 bits per heavy atom. The van der Waals surface area contributed by atoms with Crippen LogP contribution in [0.3, 0.4) is 0 Å². The Balaban J connectivity index is 1.47. The molecule has 1 aromatic carbocycles. The minimum Gasteiger partial charge on any atom is -0.463 e. The number of carbonyl (C=O) groups is 1. The summed E-state index contributed by atoms with van der Waals surface area (Å²) in [5.41, 5.74) is 1.90. The molecular weight excluding hydrogens is 402 g/mol. The van der Waals surface area contributed by atoms with Crippen molar-refractivity contribution < 1.29 is 9.21 Å². The van der Waals surface area contributed by atoms with Crippen LogP contribution in [-0.4, -0.2) is 43.6 Å². The van der Waals surface area contributed by atoms with Crippen LogP contribution in [0.25, 0.3) is 17.1 Å². The summed E-state index contributed by atoms with van der Waals surface area (Å²) < 4.78 is 7.30. The molecule has 152 valence electrons. The molecule has 4 aromatic rings. The number of nitrogens with zero attached hydrogens (tertiary/aromatic N) is 4. The normalized spacial score (nSPS) is 16.7. The molecule has 1 atom stereocenters. The zero-order chi connectivity index (χ0) is 20.5. The number of aromatic nitrogens is 4. The van der Waals surface area contributed by atoms with Crippen LogP contribution in [0.1, 0.15) is 35.1 Å². The summed E-state index contributed by atoms with van der Waals surface area (Å²) in [6, 6.07) is 12.8. The number of aromatic amines is 1. The van der Waals surface area contributed by atoms with Crippen LogP contribution >= 0.6 is 11.6 Å². The molecule has 3 aromatic heterocycles. The average molecular weight is 422 g/mol. The molecule has 0 saturated carbocycles. The van der Waals surface area contributed by atoms with Crippen molar-refractivity contribution in [2.24, 2.45) is 0 Å². The number of piperidine rings is 1. The van der Waals surface area contributed by atoms with Gasteiger partial charge in [-0.1, -0.05) is 11.6 Å². The van der Waals surface area contributed by atoms with Gasteiger partial charge in [-0.3, -0.25) is 4.79 Å². The van der Waals surface area contributed by atoms with Crippen molar-refractivity contribution in [3.8, 4) is 17.1 Å². The molecule has 1 amide bonds. The lowest BCUT2D eigenvalue weighted by Gasteiger charge is -2.31. The van der Waals surface area contributed by atoms with Gasteiger partial charge in [-0.25, -0.2) is 9.67 Å². The maximum atomic E-state index is 13.3. The number of likely N-dealkylation sites (tertiary alicyclic amines) is 1. The second-order valence-electron chi connectivity index (χ2n) is 7.35. The summed E-state index contributed by atoms with van der Waals surface area (Å²) in [7, 11) is 0. The van der Waals surface area contributed by atoms with E-state index in [9.17, 15) is 4.79 Å². The highest BCUT2D eigenvalue weighted by atomic mass is 35.5. The van der Waals surface area contributed by atoms with Gasteiger partial charge >= 0.3 is 0 Å². The maximum Gasteiger partial charge on any atom is 0.274 e. The van der Waals surface area contributed by atoms with E-state index in [1.54, 1.807) is 35.3 Å². The lowest BCUT2D eigenvalue weighted by Crippen LogP contribution is -2.39. The Labute approximate surface area is 178 Å². The number of halogens is 1. The van der Waals surface area contributed by atoms with Gasteiger partial charge in [-0.15, -0.1) is 0 Å². The first kappa shape index (κ1) is 18.7. The Hall–Kier alpha value is -3.32. The third kappa shape index (κ3) is 3.52. The quantitative estimate of drug-likeness (QED) is 0.525. The Kier molecular flexibility index (Phi) is 4.88. The van der Waals surface area contributed by atoms with E-state index in [0.29, 0.717) is 35.3 Å². The van der Waals surface area contributed by atoms with Crippen molar-refractivity contribution in [2.45, 2.75) is 18.8 Å². The van der Waals surface area contributed by atoms with Gasteiger partial charge in [0.05, 0.1) is 12.0 Å². The molecule has 1 unspecified atom stereocenters. The van der Waals surface area contributed by atoms with Crippen molar-refractivity contribution in [3.05, 3.63) is 77.7 Å². The third-order valence-corrected chi connectivity index (χ3v) is 5.64. The number of furan rings is 1. The van der Waals surface area contributed by atoms with Crippen molar-refractivity contribution >= 4 is 17.5 Å². The SMILES string of the molecule is O=C(c1cc(-c2ccco2)n(-c2ccc(Cl)cc2)n1)N1CCCC(c2ncc[nH]2)C1. The Bertz CT molecular complexity index is 1130. The molecule has 1 N–H and O–H groups in total. The molecule has 5 rings (SSSR count). The molecule has 8 heteroatoms. The van der Waals surface area contributed by atoms with E-state index in [-0.39, 0.29) is 11.8 Å². The van der Waals surface area contributed by atoms with Crippen molar-refractivity contribution in [1.82, 2.24) is 24.6 Å². The number of rotatable bonds is 4. The van der Waals surface area contributed by atoms with Gasteiger partial charge in [-0.2, -0.15) is 5.10 Å². The fourth-order valence-corrected chi connectivity index (χ4v) is 4.04. The number of carbonyl (C=O) groups excluding carboxylic acids is 1. The van der Waals surface area contributed by atoms with E-state index < -0.39 is 0 Å². The molecule has 0 radical (unpaired) electrons. The van der Waals surface area contributed by atoms with Crippen LogP contribution in [0, 0.1) is 0 Å². The van der Waals surface area contributed by atoms with Crippen LogP contribution in [0.15, 0.2) is 65.5 Å². The second-order valence-corrected chi connectivity index (χ2v) is 7.78. The smallest absolute Gasteiger partial charge is 0.274 e. The predicted molar refractivity (Wildman–Crippen MR) is 113 cm³/mol. The molecule has 1 aliphatic heterocycles. The highest BCUT2D eigenvalue weighted by Gasteiger charge is 2.29. The summed E-state index contributed by atoms with van der Waals surface area (Å²) in [6.45, 7) is 1.33. The number of hydrogen-bond acceptors (Lipinski definition) is 4. The zero-order valence-corrected chi connectivity index (χ0v) is 16.9. The lowest BCUT2D eigenvalue weighted by atomic mass is 9.97. The molecular formula is C22H20ClN5O2. The number of nitrogens with one attached hydrogen (secondary N) is 1. The van der Waals surface area contributed by atoms with E-state index >= 15 is 0 Å². The van der Waals surface area contributed by atoms with Crippen molar-refractivity contribution in [1.29, 1.82) is 0 Å². The van der Waals surface area contributed by atoms with E-state index in [1.165, 1.54) is 0 Å². The Morgan fingerprint density at radius 1 is 1.23 bits per heavy atom. The van der Waals surface area contributed by atoms with Crippen molar-refractivity contribution in [3.63, 3.8) is 0 Å². The van der Waals surface area contributed by atoms with Gasteiger partial charge < -0.3 is 14.3 Å². The number of benzene rings is 1. The van der Waals surface area contributed by atoms with Gasteiger partial charge in [0.1, 0.15) is 11.5 Å². The molecule has 7 nitrogen and oxygen atoms in total. The van der Waals surface area contributed by atoms with Gasteiger partial charge in [0.2, 0.25) is 0 Å². The topological polar surface area (TPSA) is 79.9 Å². The molecule has 4 heterocycles. The van der Waals surface area contributed by atoms with E-state index in [1.807, 2.05) is 35.4 Å². The van der Waals surface area contributed by atoms with E-state index in [4.69, 9.17) is 16.0 Å². The molecule has 0 aliphatic carbocycles. The summed E-state index contributed by atoms with van der Waals surface area (Å²) in [5, 5.41) is 5.27. The minimum absolute atomic E-state index is 0.0909. The second kappa shape index (κ2) is 7.84. The van der Waals surface area contributed by atoms with Gasteiger partial charge in [-0.05, 0) is 49.2 Å². The van der Waals surface area contributed by atoms with Gasteiger partial charge in [0.15, 0.2) is 11.5 Å². The minimum atomic E-state index is -0.0909. The highest BCUT2D eigenvalue weighted by Crippen LogP contribution is 2.28. The van der Waals surface area contributed by atoms with Gasteiger partial charge in [0, 0.05) is 42.5 Å². The van der Waals surface area contributed by atoms with Crippen LogP contribution < -0.4 is 0 Å². The fraction of sp³-hybridized carbons (Fsp3) is 0.227. The van der Waals surface area contributed by atoms with Crippen LogP contribution in [-0.2, 0) is 0 Å². The number of amides is 1. The van der Waals surface area contributed by atoms with Crippen LogP contribution in [0.4, 0.5) is 0 Å². The van der Waals surface area contributed by atoms with Gasteiger partial charge in [0.25, 0.3) is 5.91 Å². The first-order chi connectivity index (χ1) is 14.7. The highest BCUT2D eigenvalue weighted by molar-refractivity contribution is 6.30. The number of hydrogen-bond donors (Lipinski definition) is 1. The summed E-state index contributed by atoms with van der Waals surface area (Å²) in [4.78, 5) is 22.7. The third-order valence-electron chi connectivity index (χ3n) is 5.39. The summed E-state index contributed by atoms with van der Waals surface area (Å²) in [6.07, 6.45) is 7.11. The van der Waals surface area contributed by atoms with E-state index in [2.05, 4.69) is 15.1 Å². The lowest BCUT2D eigenvalue weighted by molar-refractivity contribution is 0.0698. The summed E-state index contributed by atoms with van der Waals surface area (Å²) >= 11 is 6.03. The van der Waals surface area contributed by atoms with Crippen molar-refractivity contribution in [2.75, 3.05) is 13.1 Å². The predicted octanol–water partition coefficient (Wildman–Crippen LogP) is 4.53. The fourth-order valence-electron chi connectivity index (χ4n) is 3.91. The molecule has 1 saturated heterocycles. The zero-order valence-electron chi connectivity index (χ0n) is 16.2. The molecule has 0 bridgehead atoms. The first-order valence-electron chi connectivity index (χ1n) is 9.87. The van der Waals surface area contributed by atoms with E-state index in [0.717, 1.165) is 24.4 Å². The van der Waals surface area contributed by atoms with Crippen LogP contribution in [0.5, 0.6) is 0 Å². The largest absolute Gasteiger partial charge is 0.463 e. The van der Waals surface area contributed by atoms with Crippen LogP contribution in [0.2, 0.25) is 5.02 Å². The maximum absolute atomic E-state index is 13.3.